The summed E-state index contributed by atoms with van der Waals surface area (Å²) in [6.07, 6.45) is 2.26. The van der Waals surface area contributed by atoms with Crippen molar-refractivity contribution in [1.29, 1.82) is 0 Å². The Morgan fingerprint density at radius 1 is 1.47 bits per heavy atom. The number of carbonyl (C=O) groups is 1. The van der Waals surface area contributed by atoms with Crippen molar-refractivity contribution in [2.75, 3.05) is 19.8 Å². The van der Waals surface area contributed by atoms with E-state index in [0.717, 1.165) is 12.0 Å². The molecule has 4 heteroatoms. The molecule has 1 fully saturated rings. The van der Waals surface area contributed by atoms with E-state index in [1.54, 1.807) is 11.0 Å². The topological polar surface area (TPSA) is 38.8 Å². The quantitative estimate of drug-likeness (QED) is 0.765. The summed E-state index contributed by atoms with van der Waals surface area (Å²) < 4.78 is 10.7. The molecule has 4 nitrogen and oxygen atoms in total. The lowest BCUT2D eigenvalue weighted by atomic mass is 10.2. The van der Waals surface area contributed by atoms with Gasteiger partial charge in [0.2, 0.25) is 0 Å². The normalized spacial score (nSPS) is 18.0. The summed E-state index contributed by atoms with van der Waals surface area (Å²) >= 11 is 0. The first-order valence-electron chi connectivity index (χ1n) is 6.47. The minimum Gasteiger partial charge on any atom is -0.445 e. The molecule has 19 heavy (non-hydrogen) atoms. The maximum absolute atomic E-state index is 12.1. The summed E-state index contributed by atoms with van der Waals surface area (Å²) in [5, 5.41) is 0. The number of hydrogen-bond acceptors (Lipinski definition) is 3. The first-order chi connectivity index (χ1) is 9.31. The van der Waals surface area contributed by atoms with E-state index in [-0.39, 0.29) is 12.1 Å². The Bertz CT molecular complexity index is 413. The van der Waals surface area contributed by atoms with Gasteiger partial charge in [-0.1, -0.05) is 36.4 Å². The Labute approximate surface area is 113 Å². The molecular formula is C15H19NO3. The molecule has 1 aliphatic heterocycles. The molecule has 102 valence electrons. The zero-order valence-corrected chi connectivity index (χ0v) is 11.0. The van der Waals surface area contributed by atoms with Crippen LogP contribution >= 0.6 is 0 Å². The van der Waals surface area contributed by atoms with Crippen molar-refractivity contribution in [3.63, 3.8) is 0 Å². The number of ether oxygens (including phenoxy) is 2. The van der Waals surface area contributed by atoms with Gasteiger partial charge in [0.05, 0.1) is 12.6 Å². The van der Waals surface area contributed by atoms with E-state index in [9.17, 15) is 4.79 Å². The average molecular weight is 261 g/mol. The fraction of sp³-hybridized carbons (Fsp3) is 0.400. The summed E-state index contributed by atoms with van der Waals surface area (Å²) in [4.78, 5) is 13.8. The average Bonchev–Trinajstić information content (AvgIpc) is 2.97. The predicted octanol–water partition coefficient (Wildman–Crippen LogP) is 2.60. The van der Waals surface area contributed by atoms with E-state index < -0.39 is 0 Å². The van der Waals surface area contributed by atoms with Crippen LogP contribution in [0.4, 0.5) is 4.79 Å². The standard InChI is InChI=1S/C15H19NO3/c1-2-9-16(14-8-10-18-12-14)15(17)19-11-13-6-4-3-5-7-13/h2-7,14H,1,8-12H2. The van der Waals surface area contributed by atoms with Gasteiger partial charge in [-0.3, -0.25) is 4.90 Å². The molecule has 0 radical (unpaired) electrons. The Hall–Kier alpha value is -1.81. The third-order valence-electron chi connectivity index (χ3n) is 3.11. The monoisotopic (exact) mass is 261 g/mol. The molecule has 0 bridgehead atoms. The van der Waals surface area contributed by atoms with Crippen molar-refractivity contribution in [1.82, 2.24) is 4.90 Å². The number of rotatable bonds is 5. The molecule has 1 aromatic carbocycles. The van der Waals surface area contributed by atoms with E-state index in [2.05, 4.69) is 6.58 Å². The molecule has 0 aliphatic carbocycles. The number of benzene rings is 1. The SMILES string of the molecule is C=CCN(C(=O)OCc1ccccc1)C1CCOC1. The highest BCUT2D eigenvalue weighted by Crippen LogP contribution is 2.14. The maximum atomic E-state index is 12.1. The molecule has 1 saturated heterocycles. The molecule has 0 spiro atoms. The van der Waals surface area contributed by atoms with Gasteiger partial charge in [-0.15, -0.1) is 6.58 Å². The molecule has 0 saturated carbocycles. The van der Waals surface area contributed by atoms with E-state index in [1.807, 2.05) is 30.3 Å². The Morgan fingerprint density at radius 3 is 2.89 bits per heavy atom. The van der Waals surface area contributed by atoms with Gasteiger partial charge in [0.15, 0.2) is 0 Å². The summed E-state index contributed by atoms with van der Waals surface area (Å²) in [5.41, 5.74) is 0.983. The molecule has 0 aromatic heterocycles. The first kappa shape index (κ1) is 13.6. The van der Waals surface area contributed by atoms with E-state index in [4.69, 9.17) is 9.47 Å². The Balaban J connectivity index is 1.90. The van der Waals surface area contributed by atoms with Gasteiger partial charge in [0.25, 0.3) is 0 Å². The van der Waals surface area contributed by atoms with Crippen molar-refractivity contribution in [2.24, 2.45) is 0 Å². The molecule has 0 N–H and O–H groups in total. The molecule has 1 atom stereocenters. The van der Waals surface area contributed by atoms with Gasteiger partial charge in [0.1, 0.15) is 6.61 Å². The van der Waals surface area contributed by atoms with Crippen molar-refractivity contribution >= 4 is 6.09 Å². The van der Waals surface area contributed by atoms with Gasteiger partial charge in [-0.25, -0.2) is 4.79 Å². The van der Waals surface area contributed by atoms with Crippen LogP contribution in [0, 0.1) is 0 Å². The van der Waals surface area contributed by atoms with Crippen LogP contribution in [-0.2, 0) is 16.1 Å². The third kappa shape index (κ3) is 3.83. The molecule has 2 rings (SSSR count). The van der Waals surface area contributed by atoms with Crippen molar-refractivity contribution in [3.05, 3.63) is 48.6 Å². The lowest BCUT2D eigenvalue weighted by Crippen LogP contribution is -2.41. The second-order valence-electron chi connectivity index (χ2n) is 4.50. The van der Waals surface area contributed by atoms with Crippen LogP contribution in [0.25, 0.3) is 0 Å². The minimum atomic E-state index is -0.306. The first-order valence-corrected chi connectivity index (χ1v) is 6.47. The van der Waals surface area contributed by atoms with Crippen LogP contribution in [0.1, 0.15) is 12.0 Å². The second kappa shape index (κ2) is 6.95. The fourth-order valence-corrected chi connectivity index (χ4v) is 2.08. The number of hydrogen-bond donors (Lipinski definition) is 0. The lowest BCUT2D eigenvalue weighted by molar-refractivity contribution is 0.0801. The zero-order valence-electron chi connectivity index (χ0n) is 11.0. The molecule has 1 amide bonds. The number of carbonyl (C=O) groups excluding carboxylic acids is 1. The van der Waals surface area contributed by atoms with E-state index in [1.165, 1.54) is 0 Å². The van der Waals surface area contributed by atoms with Crippen LogP contribution in [0.15, 0.2) is 43.0 Å². The molecular weight excluding hydrogens is 242 g/mol. The smallest absolute Gasteiger partial charge is 0.410 e. The Kier molecular flexibility index (Phi) is 4.98. The van der Waals surface area contributed by atoms with Crippen LogP contribution in [0.3, 0.4) is 0 Å². The van der Waals surface area contributed by atoms with Gasteiger partial charge >= 0.3 is 6.09 Å². The summed E-state index contributed by atoms with van der Waals surface area (Å²) in [6, 6.07) is 9.75. The van der Waals surface area contributed by atoms with Gasteiger partial charge in [-0.2, -0.15) is 0 Å². The zero-order chi connectivity index (χ0) is 13.5. The second-order valence-corrected chi connectivity index (χ2v) is 4.50. The summed E-state index contributed by atoms with van der Waals surface area (Å²) in [6.45, 7) is 5.74. The largest absolute Gasteiger partial charge is 0.445 e. The highest BCUT2D eigenvalue weighted by Gasteiger charge is 2.27. The number of amides is 1. The third-order valence-corrected chi connectivity index (χ3v) is 3.11. The van der Waals surface area contributed by atoms with Gasteiger partial charge in [0, 0.05) is 13.2 Å². The van der Waals surface area contributed by atoms with Crippen molar-refractivity contribution < 1.29 is 14.3 Å². The minimum absolute atomic E-state index is 0.0984. The van der Waals surface area contributed by atoms with Crippen molar-refractivity contribution in [3.8, 4) is 0 Å². The highest BCUT2D eigenvalue weighted by atomic mass is 16.6. The van der Waals surface area contributed by atoms with E-state index >= 15 is 0 Å². The summed E-state index contributed by atoms with van der Waals surface area (Å²) in [7, 11) is 0. The maximum Gasteiger partial charge on any atom is 0.410 e. The van der Waals surface area contributed by atoms with Gasteiger partial charge in [-0.05, 0) is 12.0 Å². The molecule has 1 aliphatic rings. The van der Waals surface area contributed by atoms with Crippen molar-refractivity contribution in [2.45, 2.75) is 19.1 Å². The lowest BCUT2D eigenvalue weighted by Gasteiger charge is -2.25. The molecule has 1 heterocycles. The van der Waals surface area contributed by atoms with Gasteiger partial charge < -0.3 is 9.47 Å². The van der Waals surface area contributed by atoms with Crippen LogP contribution in [-0.4, -0.2) is 36.8 Å². The predicted molar refractivity (Wildman–Crippen MR) is 72.8 cm³/mol. The Morgan fingerprint density at radius 2 is 2.26 bits per heavy atom. The van der Waals surface area contributed by atoms with Crippen LogP contribution < -0.4 is 0 Å². The highest BCUT2D eigenvalue weighted by molar-refractivity contribution is 5.68. The fourth-order valence-electron chi connectivity index (χ4n) is 2.08. The molecule has 1 aromatic rings. The van der Waals surface area contributed by atoms with Crippen LogP contribution in [0.2, 0.25) is 0 Å². The van der Waals surface area contributed by atoms with E-state index in [0.29, 0.717) is 26.4 Å². The summed E-state index contributed by atoms with van der Waals surface area (Å²) in [5.74, 6) is 0. The number of nitrogens with zero attached hydrogens (tertiary/aromatic N) is 1. The van der Waals surface area contributed by atoms with Crippen LogP contribution in [0.5, 0.6) is 0 Å². The molecule has 1 unspecified atom stereocenters.